The summed E-state index contributed by atoms with van der Waals surface area (Å²) < 4.78 is 36.9. The fourth-order valence-electron chi connectivity index (χ4n) is 0.808. The topological polar surface area (TPSA) is 0 Å². The summed E-state index contributed by atoms with van der Waals surface area (Å²) >= 11 is 5.49. The number of hydrogen-bond acceptors (Lipinski definition) is 0. The molecule has 0 heterocycles. The van der Waals surface area contributed by atoms with Gasteiger partial charge in [-0.05, 0) is 18.9 Å². The Morgan fingerprint density at radius 3 is 2.00 bits per heavy atom. The maximum Gasteiger partial charge on any atom is 0.412 e. The highest BCUT2D eigenvalue weighted by Crippen LogP contribution is 2.32. The van der Waals surface area contributed by atoms with E-state index in [0.29, 0.717) is 0 Å². The van der Waals surface area contributed by atoms with Gasteiger partial charge in [0.05, 0.1) is 0 Å². The zero-order valence-electron chi connectivity index (χ0n) is 7.74. The van der Waals surface area contributed by atoms with Gasteiger partial charge in [0.1, 0.15) is 0 Å². The molecule has 0 amide bonds. The minimum Gasteiger partial charge on any atom is -0.166 e. The van der Waals surface area contributed by atoms with Crippen molar-refractivity contribution in [3.63, 3.8) is 0 Å². The molecule has 0 unspecified atom stereocenters. The molecule has 0 nitrogen and oxygen atoms in total. The Balaban J connectivity index is 4.94. The standard InChI is InChI=1S/C9H12ClF3/c1-4-7(10)5-8(6(2)3)9(11,12)13/h4-6H,1-3H3/b7-4+,8-5+. The van der Waals surface area contributed by atoms with Crippen LogP contribution in [0.15, 0.2) is 22.8 Å². The Morgan fingerprint density at radius 2 is 1.77 bits per heavy atom. The van der Waals surface area contributed by atoms with Gasteiger partial charge in [0.25, 0.3) is 0 Å². The average molecular weight is 213 g/mol. The fraction of sp³-hybridized carbons (Fsp3) is 0.556. The molecule has 4 heteroatoms. The summed E-state index contributed by atoms with van der Waals surface area (Å²) in [5.41, 5.74) is -0.601. The normalized spacial score (nSPS) is 15.4. The van der Waals surface area contributed by atoms with Crippen molar-refractivity contribution in [3.05, 3.63) is 22.8 Å². The first-order valence-corrected chi connectivity index (χ1v) is 4.27. The van der Waals surface area contributed by atoms with Crippen LogP contribution in [0.5, 0.6) is 0 Å². The predicted octanol–water partition coefficient (Wildman–Crippen LogP) is 4.27. The van der Waals surface area contributed by atoms with Gasteiger partial charge in [0.15, 0.2) is 0 Å². The van der Waals surface area contributed by atoms with Crippen molar-refractivity contribution in [2.75, 3.05) is 0 Å². The highest BCUT2D eigenvalue weighted by Gasteiger charge is 2.35. The molecule has 0 aliphatic carbocycles. The van der Waals surface area contributed by atoms with Crippen LogP contribution in [0.1, 0.15) is 20.8 Å². The first-order chi connectivity index (χ1) is 5.79. The van der Waals surface area contributed by atoms with Crippen molar-refractivity contribution in [1.82, 2.24) is 0 Å². The zero-order valence-corrected chi connectivity index (χ0v) is 8.50. The minimum absolute atomic E-state index is 0.112. The molecular weight excluding hydrogens is 201 g/mol. The van der Waals surface area contributed by atoms with Crippen molar-refractivity contribution < 1.29 is 13.2 Å². The molecule has 0 aliphatic rings. The highest BCUT2D eigenvalue weighted by atomic mass is 35.5. The SMILES string of the molecule is C/C=C(Cl)\C=C(/C(C)C)C(F)(F)F. The van der Waals surface area contributed by atoms with Crippen molar-refractivity contribution in [2.24, 2.45) is 5.92 Å². The Labute approximate surface area is 81.1 Å². The lowest BCUT2D eigenvalue weighted by atomic mass is 10.0. The molecular formula is C9H12ClF3. The van der Waals surface area contributed by atoms with E-state index >= 15 is 0 Å². The second-order valence-corrected chi connectivity index (χ2v) is 3.36. The lowest BCUT2D eigenvalue weighted by Gasteiger charge is -2.14. The van der Waals surface area contributed by atoms with Crippen LogP contribution in [0.3, 0.4) is 0 Å². The van der Waals surface area contributed by atoms with Crippen molar-refractivity contribution in [3.8, 4) is 0 Å². The molecule has 0 aromatic carbocycles. The molecule has 0 aromatic heterocycles. The van der Waals surface area contributed by atoms with Crippen LogP contribution >= 0.6 is 11.6 Å². The smallest absolute Gasteiger partial charge is 0.166 e. The number of allylic oxidation sites excluding steroid dienone is 4. The van der Waals surface area contributed by atoms with Crippen LogP contribution < -0.4 is 0 Å². The number of halogens is 4. The summed E-state index contributed by atoms with van der Waals surface area (Å²) in [5, 5.41) is 0.112. The van der Waals surface area contributed by atoms with Gasteiger partial charge in [0, 0.05) is 10.6 Å². The Hall–Kier alpha value is -0.440. The minimum atomic E-state index is -4.29. The summed E-state index contributed by atoms with van der Waals surface area (Å²) in [5.74, 6) is -0.575. The molecule has 76 valence electrons. The Bertz CT molecular complexity index is 224. The summed E-state index contributed by atoms with van der Waals surface area (Å²) in [7, 11) is 0. The van der Waals surface area contributed by atoms with Crippen molar-refractivity contribution in [1.29, 1.82) is 0 Å². The largest absolute Gasteiger partial charge is 0.412 e. The van der Waals surface area contributed by atoms with E-state index in [4.69, 9.17) is 11.6 Å². The van der Waals surface area contributed by atoms with Gasteiger partial charge < -0.3 is 0 Å². The summed E-state index contributed by atoms with van der Waals surface area (Å²) in [4.78, 5) is 0. The highest BCUT2D eigenvalue weighted by molar-refractivity contribution is 6.31. The summed E-state index contributed by atoms with van der Waals surface area (Å²) in [6.45, 7) is 4.56. The molecule has 0 fully saturated rings. The molecule has 0 aliphatic heterocycles. The van der Waals surface area contributed by atoms with Crippen LogP contribution in [0.25, 0.3) is 0 Å². The van der Waals surface area contributed by atoms with Gasteiger partial charge in [-0.3, -0.25) is 0 Å². The van der Waals surface area contributed by atoms with Gasteiger partial charge in [0.2, 0.25) is 0 Å². The third-order valence-corrected chi connectivity index (χ3v) is 1.85. The predicted molar refractivity (Wildman–Crippen MR) is 48.6 cm³/mol. The first kappa shape index (κ1) is 12.6. The third kappa shape index (κ3) is 4.36. The van der Waals surface area contributed by atoms with Gasteiger partial charge >= 0.3 is 6.18 Å². The van der Waals surface area contributed by atoms with E-state index in [1.807, 2.05) is 0 Å². The van der Waals surface area contributed by atoms with E-state index in [1.54, 1.807) is 6.92 Å². The first-order valence-electron chi connectivity index (χ1n) is 3.89. The van der Waals surface area contributed by atoms with E-state index in [1.165, 1.54) is 19.9 Å². The molecule has 0 spiro atoms. The monoisotopic (exact) mass is 212 g/mol. The van der Waals surface area contributed by atoms with E-state index < -0.39 is 17.7 Å². The summed E-state index contributed by atoms with van der Waals surface area (Å²) in [6, 6.07) is 0. The van der Waals surface area contributed by atoms with Crippen molar-refractivity contribution in [2.45, 2.75) is 26.9 Å². The molecule has 0 bridgehead atoms. The van der Waals surface area contributed by atoms with Gasteiger partial charge in [-0.1, -0.05) is 31.5 Å². The lowest BCUT2D eigenvalue weighted by Crippen LogP contribution is -2.16. The number of alkyl halides is 3. The van der Waals surface area contributed by atoms with E-state index in [0.717, 1.165) is 6.08 Å². The van der Waals surface area contributed by atoms with Crippen LogP contribution in [0, 0.1) is 5.92 Å². The second kappa shape index (κ2) is 4.70. The maximum atomic E-state index is 12.3. The molecule has 0 aromatic rings. The van der Waals surface area contributed by atoms with E-state index in [-0.39, 0.29) is 5.03 Å². The van der Waals surface area contributed by atoms with E-state index in [9.17, 15) is 13.2 Å². The molecule has 0 rings (SSSR count). The number of rotatable bonds is 2. The van der Waals surface area contributed by atoms with Crippen molar-refractivity contribution >= 4 is 11.6 Å². The Kier molecular flexibility index (Phi) is 4.54. The van der Waals surface area contributed by atoms with Crippen LogP contribution in [-0.4, -0.2) is 6.18 Å². The van der Waals surface area contributed by atoms with E-state index in [2.05, 4.69) is 0 Å². The lowest BCUT2D eigenvalue weighted by molar-refractivity contribution is -0.0976. The van der Waals surface area contributed by atoms with Crippen LogP contribution in [0.2, 0.25) is 0 Å². The van der Waals surface area contributed by atoms with Gasteiger partial charge in [-0.25, -0.2) is 0 Å². The van der Waals surface area contributed by atoms with Crippen LogP contribution in [0.4, 0.5) is 13.2 Å². The second-order valence-electron chi connectivity index (χ2n) is 2.93. The third-order valence-electron chi connectivity index (χ3n) is 1.52. The molecule has 0 radical (unpaired) electrons. The quantitative estimate of drug-likeness (QED) is 0.600. The number of hydrogen-bond donors (Lipinski definition) is 0. The fourth-order valence-corrected chi connectivity index (χ4v) is 0.925. The average Bonchev–Trinajstić information content (AvgIpc) is 1.96. The molecule has 0 saturated carbocycles. The van der Waals surface area contributed by atoms with Crippen LogP contribution in [-0.2, 0) is 0 Å². The molecule has 0 saturated heterocycles. The summed E-state index contributed by atoms with van der Waals surface area (Å²) in [6.07, 6.45) is -1.90. The molecule has 13 heavy (non-hydrogen) atoms. The molecule has 0 atom stereocenters. The zero-order chi connectivity index (χ0) is 10.6. The van der Waals surface area contributed by atoms with Gasteiger partial charge in [-0.15, -0.1) is 0 Å². The molecule has 0 N–H and O–H groups in total. The Morgan fingerprint density at radius 1 is 1.31 bits per heavy atom. The maximum absolute atomic E-state index is 12.3. The van der Waals surface area contributed by atoms with Gasteiger partial charge in [-0.2, -0.15) is 13.2 Å².